The fraction of sp³-hybridized carbons (Fsp3) is 0.562. The van der Waals surface area contributed by atoms with Gasteiger partial charge >= 0.3 is 58.2 Å². The van der Waals surface area contributed by atoms with Crippen LogP contribution in [0.5, 0.6) is 0 Å². The van der Waals surface area contributed by atoms with Crippen LogP contribution in [0.3, 0.4) is 0 Å². The third-order valence-electron chi connectivity index (χ3n) is 4.51. The number of aromatic nitrogens is 2. The van der Waals surface area contributed by atoms with E-state index in [4.69, 9.17) is 4.74 Å². The second-order valence-electron chi connectivity index (χ2n) is 5.76. The zero-order valence-electron chi connectivity index (χ0n) is 14.1. The number of ether oxygens (including phenoxy) is 1. The van der Waals surface area contributed by atoms with E-state index < -0.39 is 0 Å². The van der Waals surface area contributed by atoms with Gasteiger partial charge in [0.25, 0.3) is 0 Å². The molecule has 1 aliphatic carbocycles. The number of aryl methyl sites for hydroxylation is 1. The van der Waals surface area contributed by atoms with Crippen molar-refractivity contribution in [1.29, 1.82) is 0 Å². The summed E-state index contributed by atoms with van der Waals surface area (Å²) in [5.74, 6) is 0.0524. The molecule has 4 nitrogen and oxygen atoms in total. The molecule has 0 aromatic carbocycles. The molecule has 2 heterocycles. The molecule has 1 aromatic rings. The van der Waals surface area contributed by atoms with E-state index in [9.17, 15) is 5.11 Å². The van der Waals surface area contributed by atoms with Crippen molar-refractivity contribution < 1.29 is 68.0 Å². The summed E-state index contributed by atoms with van der Waals surface area (Å²) in [5, 5.41) is 10.4. The number of hydrogen-bond donors (Lipinski definition) is 1. The van der Waals surface area contributed by atoms with E-state index in [0.717, 1.165) is 28.9 Å². The van der Waals surface area contributed by atoms with Gasteiger partial charge < -0.3 is 19.8 Å². The van der Waals surface area contributed by atoms with Crippen molar-refractivity contribution >= 4 is 5.57 Å². The van der Waals surface area contributed by atoms with Gasteiger partial charge in [0.1, 0.15) is 0 Å². The molecule has 2 aliphatic rings. The van der Waals surface area contributed by atoms with Crippen LogP contribution < -0.4 is 58.2 Å². The largest absolute Gasteiger partial charge is 1.00 e. The minimum atomic E-state index is -0.297. The third kappa shape index (κ3) is 2.97. The van der Waals surface area contributed by atoms with Gasteiger partial charge in [-0.2, -0.15) is 6.10 Å². The van der Waals surface area contributed by atoms with Gasteiger partial charge in [-0.1, -0.05) is 49.4 Å². The molecule has 0 radical (unpaired) electrons. The van der Waals surface area contributed by atoms with Crippen molar-refractivity contribution in [2.45, 2.75) is 52.2 Å². The number of allylic oxidation sites excluding steroid dienone is 1. The Bertz CT molecular complexity index is 567. The fourth-order valence-corrected chi connectivity index (χ4v) is 3.39. The van der Waals surface area contributed by atoms with Crippen LogP contribution in [0.4, 0.5) is 0 Å². The van der Waals surface area contributed by atoms with Crippen molar-refractivity contribution in [3.8, 4) is 0 Å². The number of rotatable bonds is 2. The van der Waals surface area contributed by atoms with Crippen LogP contribution in [-0.2, 0) is 4.74 Å². The molecule has 22 heavy (non-hydrogen) atoms. The molecule has 0 amide bonds. The predicted octanol–water partition coefficient (Wildman–Crippen LogP) is -0.192. The van der Waals surface area contributed by atoms with Crippen molar-refractivity contribution in [3.63, 3.8) is 0 Å². The Morgan fingerprint density at radius 1 is 1.36 bits per heavy atom. The van der Waals surface area contributed by atoms with Crippen LogP contribution in [0.15, 0.2) is 6.08 Å². The molecule has 6 heteroatoms. The Hall–Kier alpha value is -0.455. The van der Waals surface area contributed by atoms with E-state index in [-0.39, 0.29) is 82.2 Å². The van der Waals surface area contributed by atoms with Crippen LogP contribution >= 0.6 is 0 Å². The zero-order chi connectivity index (χ0) is 14.4. The molecule has 110 valence electrons. The smallest absolute Gasteiger partial charge is 0.560 e. The number of aliphatic hydroxyl groups excluding tert-OH is 1. The van der Waals surface area contributed by atoms with Crippen LogP contribution in [0.1, 0.15) is 50.1 Å². The van der Waals surface area contributed by atoms with Gasteiger partial charge in [0.05, 0.1) is 0 Å². The second-order valence-corrected chi connectivity index (χ2v) is 5.76. The summed E-state index contributed by atoms with van der Waals surface area (Å²) in [6, 6.07) is 0. The summed E-state index contributed by atoms with van der Waals surface area (Å²) in [6.45, 7) is 8.13. The van der Waals surface area contributed by atoms with Crippen LogP contribution in [0.25, 0.3) is 5.57 Å². The average Bonchev–Trinajstić information content (AvgIpc) is 2.90. The van der Waals surface area contributed by atoms with E-state index in [0.29, 0.717) is 6.10 Å². The maximum absolute atomic E-state index is 10.4. The Morgan fingerprint density at radius 2 is 2.05 bits per heavy atom. The van der Waals surface area contributed by atoms with E-state index in [2.05, 4.69) is 36.2 Å². The topological polar surface area (TPSA) is 55.2 Å². The molecule has 4 atom stereocenters. The first-order valence-electron chi connectivity index (χ1n) is 7.19. The van der Waals surface area contributed by atoms with Gasteiger partial charge in [0, 0.05) is 12.4 Å². The number of hydrogen-bond acceptors (Lipinski definition) is 4. The van der Waals surface area contributed by atoms with Gasteiger partial charge in [-0.15, -0.1) is 5.92 Å². The standard InChI is InChI=1S/C16H20N2O2.Rb.Rf/c1-5-12-9(3)15(19)16(20-12)11-6-8(2)13-10(4)17-7-18-14(11)13;;/h6,9,11-12,16,19H,5H2,1-4H3;;/q-2;+1;/t9-,11?,12-,16-;;/m1../s1. The molecule has 1 N–H and O–H groups in total. The summed E-state index contributed by atoms with van der Waals surface area (Å²) in [4.78, 5) is 8.45. The normalized spacial score (nSPS) is 30.3. The summed E-state index contributed by atoms with van der Waals surface area (Å²) in [7, 11) is 0. The minimum Gasteiger partial charge on any atom is -0.560 e. The first-order chi connectivity index (χ1) is 9.54. The van der Waals surface area contributed by atoms with Crippen LogP contribution in [0, 0.1) is 25.3 Å². The number of fused-ring (bicyclic) bond motifs is 1. The molecule has 0 bridgehead atoms. The summed E-state index contributed by atoms with van der Waals surface area (Å²) in [6.07, 6.45) is 5.97. The number of aliphatic hydroxyl groups is 1. The maximum Gasteiger partial charge on any atom is 1.00 e. The van der Waals surface area contributed by atoms with E-state index in [1.54, 1.807) is 0 Å². The van der Waals surface area contributed by atoms with Gasteiger partial charge in [0.15, 0.2) is 0 Å². The Kier molecular flexibility index (Phi) is 6.60. The third-order valence-corrected chi connectivity index (χ3v) is 4.51. The molecule has 1 aromatic heterocycles. The van der Waals surface area contributed by atoms with E-state index >= 15 is 0 Å². The molecule has 1 saturated heterocycles. The van der Waals surface area contributed by atoms with Gasteiger partial charge in [0.2, 0.25) is 0 Å². The van der Waals surface area contributed by atoms with Gasteiger partial charge in [-0.3, -0.25) is 0 Å². The summed E-state index contributed by atoms with van der Waals surface area (Å²) < 4.78 is 6.06. The maximum atomic E-state index is 10.4. The fourth-order valence-electron chi connectivity index (χ4n) is 3.39. The van der Waals surface area contributed by atoms with Crippen LogP contribution in [0.2, 0.25) is 0 Å². The SMILES string of the molecule is CC[C@H]1O[C@H](C2C=C(C)c3c(C)n[c-]nc32)[C-](O)[C@@H]1C.[Rb+].[Rf]. The number of nitrogens with zero attached hydrogens (tertiary/aromatic N) is 2. The molecule has 1 fully saturated rings. The van der Waals surface area contributed by atoms with Crippen molar-refractivity contribution in [2.24, 2.45) is 5.92 Å². The Morgan fingerprint density at radius 3 is 2.64 bits per heavy atom. The Balaban J connectivity index is 0.00000121. The molecule has 3 rings (SSSR count). The molecule has 1 aliphatic heterocycles. The second kappa shape index (κ2) is 7.41. The first-order valence-corrected chi connectivity index (χ1v) is 7.19. The Labute approximate surface area is 175 Å². The monoisotopic (exact) mass is 624 g/mol. The quantitative estimate of drug-likeness (QED) is 0.464. The average molecular weight is 625 g/mol. The summed E-state index contributed by atoms with van der Waals surface area (Å²) in [5.41, 5.74) is 4.09. The van der Waals surface area contributed by atoms with Crippen molar-refractivity contribution in [1.82, 2.24) is 9.97 Å². The molecular formula is C16H20N2O2RbRf-. The van der Waals surface area contributed by atoms with Crippen molar-refractivity contribution in [2.75, 3.05) is 0 Å². The molecular weight excluding hydrogens is 605 g/mol. The molecule has 1 unspecified atom stereocenters. The van der Waals surface area contributed by atoms with E-state index in [1.807, 2.05) is 13.8 Å². The molecule has 0 saturated carbocycles. The van der Waals surface area contributed by atoms with Gasteiger partial charge in [-0.25, -0.2) is 0 Å². The zero-order valence-corrected chi connectivity index (χ0v) is 25.4. The van der Waals surface area contributed by atoms with Crippen molar-refractivity contribution in [3.05, 3.63) is 35.5 Å². The minimum absolute atomic E-state index is 0. The summed E-state index contributed by atoms with van der Waals surface area (Å²) >= 11 is 0. The van der Waals surface area contributed by atoms with Gasteiger partial charge in [-0.05, 0) is 25.4 Å². The van der Waals surface area contributed by atoms with Crippen LogP contribution in [-0.4, -0.2) is 27.3 Å². The predicted molar refractivity (Wildman–Crippen MR) is 75.3 cm³/mol. The van der Waals surface area contributed by atoms with E-state index in [1.165, 1.54) is 0 Å². The molecule has 0 spiro atoms. The first kappa shape index (κ1) is 19.6.